The normalized spacial score (nSPS) is 12.7. The van der Waals surface area contributed by atoms with Crippen LogP contribution in [0.1, 0.15) is 31.0 Å². The number of carbonyl (C=O) groups excluding carboxylic acids is 2. The van der Waals surface area contributed by atoms with E-state index in [0.29, 0.717) is 5.56 Å². The Morgan fingerprint density at radius 3 is 2.43 bits per heavy atom. The fraction of sp³-hybridized carbons (Fsp3) is 0.467. The van der Waals surface area contributed by atoms with Gasteiger partial charge in [-0.05, 0) is 23.6 Å². The van der Waals surface area contributed by atoms with Gasteiger partial charge >= 0.3 is 12.3 Å². The molecule has 0 saturated heterocycles. The van der Waals surface area contributed by atoms with Gasteiger partial charge in [0.2, 0.25) is 5.91 Å². The molecule has 0 spiro atoms. The third kappa shape index (κ3) is 5.80. The highest BCUT2D eigenvalue weighted by Gasteiger charge is 2.31. The lowest BCUT2D eigenvalue weighted by molar-refractivity contribution is -0.137. The zero-order valence-corrected chi connectivity index (χ0v) is 13.0. The Bertz CT molecular complexity index is 559. The zero-order valence-electron chi connectivity index (χ0n) is 13.0. The second kappa shape index (κ2) is 7.85. The predicted octanol–water partition coefficient (Wildman–Crippen LogP) is 2.87. The van der Waals surface area contributed by atoms with E-state index in [2.05, 4.69) is 15.4 Å². The van der Waals surface area contributed by atoms with Gasteiger partial charge in [-0.1, -0.05) is 26.0 Å². The Kier molecular flexibility index (Phi) is 6.41. The van der Waals surface area contributed by atoms with Crippen molar-refractivity contribution in [1.29, 1.82) is 0 Å². The molecule has 0 bridgehead atoms. The molecule has 0 heterocycles. The zero-order chi connectivity index (χ0) is 17.6. The van der Waals surface area contributed by atoms with E-state index >= 15 is 0 Å². The van der Waals surface area contributed by atoms with Crippen molar-refractivity contribution in [3.63, 3.8) is 0 Å². The summed E-state index contributed by atoms with van der Waals surface area (Å²) in [6.07, 6.45) is -5.21. The molecule has 128 valence electrons. The Morgan fingerprint density at radius 2 is 1.91 bits per heavy atom. The average Bonchev–Trinajstić information content (AvgIpc) is 2.49. The summed E-state index contributed by atoms with van der Waals surface area (Å²) in [5.74, 6) is -0.660. The molecule has 8 heteroatoms. The van der Waals surface area contributed by atoms with Crippen LogP contribution in [0.25, 0.3) is 0 Å². The van der Waals surface area contributed by atoms with Crippen molar-refractivity contribution in [2.45, 2.75) is 26.1 Å². The van der Waals surface area contributed by atoms with Gasteiger partial charge < -0.3 is 15.4 Å². The Balaban J connectivity index is 2.87. The van der Waals surface area contributed by atoms with Gasteiger partial charge in [-0.2, -0.15) is 13.2 Å². The first-order valence-corrected chi connectivity index (χ1v) is 6.93. The minimum absolute atomic E-state index is 0.138. The maximum Gasteiger partial charge on any atom is 0.416 e. The molecule has 1 aromatic rings. The fourth-order valence-corrected chi connectivity index (χ4v) is 1.99. The maximum atomic E-state index is 12.8. The summed E-state index contributed by atoms with van der Waals surface area (Å²) in [6, 6.07) is 4.20. The number of hydrogen-bond donors (Lipinski definition) is 2. The van der Waals surface area contributed by atoms with Crippen molar-refractivity contribution >= 4 is 12.0 Å². The molecule has 0 radical (unpaired) electrons. The summed E-state index contributed by atoms with van der Waals surface area (Å²) in [6.45, 7) is 3.23. The molecule has 23 heavy (non-hydrogen) atoms. The van der Waals surface area contributed by atoms with Gasteiger partial charge in [0.25, 0.3) is 0 Å². The number of amides is 2. The number of ether oxygens (including phenoxy) is 1. The van der Waals surface area contributed by atoms with Crippen molar-refractivity contribution in [3.8, 4) is 0 Å². The van der Waals surface area contributed by atoms with Gasteiger partial charge in [-0.25, -0.2) is 4.79 Å². The maximum absolute atomic E-state index is 12.8. The number of alkyl halides is 3. The van der Waals surface area contributed by atoms with E-state index < -0.39 is 29.8 Å². The number of halogens is 3. The van der Waals surface area contributed by atoms with E-state index in [-0.39, 0.29) is 12.5 Å². The highest BCUT2D eigenvalue weighted by atomic mass is 19.4. The highest BCUT2D eigenvalue weighted by molar-refractivity contribution is 5.82. The van der Waals surface area contributed by atoms with Gasteiger partial charge in [0.15, 0.2) is 0 Å². The first-order valence-electron chi connectivity index (χ1n) is 6.93. The number of benzene rings is 1. The van der Waals surface area contributed by atoms with Crippen LogP contribution < -0.4 is 10.6 Å². The number of rotatable bonds is 5. The Hall–Kier alpha value is -2.25. The Morgan fingerprint density at radius 1 is 1.26 bits per heavy atom. The average molecular weight is 332 g/mol. The summed E-state index contributed by atoms with van der Waals surface area (Å²) in [5, 5.41) is 4.82. The lowest BCUT2D eigenvalue weighted by atomic mass is 9.94. The molecular weight excluding hydrogens is 313 g/mol. The van der Waals surface area contributed by atoms with E-state index in [4.69, 9.17) is 0 Å². The van der Waals surface area contributed by atoms with Crippen molar-refractivity contribution in [2.75, 3.05) is 13.7 Å². The first-order chi connectivity index (χ1) is 10.6. The molecule has 0 aliphatic carbocycles. The third-order valence-corrected chi connectivity index (χ3v) is 3.13. The number of alkyl carbamates (subject to hydrolysis) is 1. The highest BCUT2D eigenvalue weighted by Crippen LogP contribution is 2.32. The minimum atomic E-state index is -4.45. The number of carbonyl (C=O) groups is 2. The first kappa shape index (κ1) is 18.8. The van der Waals surface area contributed by atoms with Crippen LogP contribution in [0.2, 0.25) is 0 Å². The van der Waals surface area contributed by atoms with E-state index in [9.17, 15) is 22.8 Å². The Labute approximate surface area is 132 Å². The van der Waals surface area contributed by atoms with Crippen molar-refractivity contribution in [1.82, 2.24) is 10.6 Å². The SMILES string of the molecule is COC(=O)NCC(=O)NC(c1cccc(C(F)(F)F)c1)C(C)C. The van der Waals surface area contributed by atoms with Crippen LogP contribution in [0.15, 0.2) is 24.3 Å². The summed E-state index contributed by atoms with van der Waals surface area (Å²) < 4.78 is 42.7. The topological polar surface area (TPSA) is 67.4 Å². The second-order valence-corrected chi connectivity index (χ2v) is 5.26. The fourth-order valence-electron chi connectivity index (χ4n) is 1.99. The summed E-state index contributed by atoms with van der Waals surface area (Å²) in [7, 11) is 1.16. The number of hydrogen-bond acceptors (Lipinski definition) is 3. The van der Waals surface area contributed by atoms with E-state index in [1.165, 1.54) is 12.1 Å². The quantitative estimate of drug-likeness (QED) is 0.871. The van der Waals surface area contributed by atoms with Crippen molar-refractivity contribution in [2.24, 2.45) is 5.92 Å². The van der Waals surface area contributed by atoms with Crippen molar-refractivity contribution < 1.29 is 27.5 Å². The third-order valence-electron chi connectivity index (χ3n) is 3.13. The van der Waals surface area contributed by atoms with Crippen molar-refractivity contribution in [3.05, 3.63) is 35.4 Å². The van der Waals surface area contributed by atoms with Crippen LogP contribution in [0.5, 0.6) is 0 Å². The van der Waals surface area contributed by atoms with Crippen LogP contribution >= 0.6 is 0 Å². The second-order valence-electron chi connectivity index (χ2n) is 5.26. The molecule has 1 atom stereocenters. The molecule has 1 unspecified atom stereocenters. The minimum Gasteiger partial charge on any atom is -0.453 e. The lowest BCUT2D eigenvalue weighted by Gasteiger charge is -2.24. The molecule has 0 saturated carbocycles. The molecule has 2 amide bonds. The molecular formula is C15H19F3N2O3. The number of nitrogens with one attached hydrogen (secondary N) is 2. The summed E-state index contributed by atoms with van der Waals surface area (Å²) in [4.78, 5) is 22.8. The number of methoxy groups -OCH3 is 1. The molecule has 0 aromatic heterocycles. The van der Waals surface area contributed by atoms with Crippen LogP contribution in [-0.2, 0) is 15.7 Å². The predicted molar refractivity (Wildman–Crippen MR) is 77.6 cm³/mol. The van der Waals surface area contributed by atoms with Crippen LogP contribution in [0.3, 0.4) is 0 Å². The molecule has 1 aromatic carbocycles. The monoisotopic (exact) mass is 332 g/mol. The van der Waals surface area contributed by atoms with Gasteiger partial charge in [0.1, 0.15) is 6.54 Å². The van der Waals surface area contributed by atoms with Gasteiger partial charge in [0.05, 0.1) is 18.7 Å². The van der Waals surface area contributed by atoms with Crippen LogP contribution in [-0.4, -0.2) is 25.7 Å². The van der Waals surface area contributed by atoms with Crippen LogP contribution in [0, 0.1) is 5.92 Å². The van der Waals surface area contributed by atoms with E-state index in [1.807, 2.05) is 0 Å². The smallest absolute Gasteiger partial charge is 0.416 e. The van der Waals surface area contributed by atoms with E-state index in [1.54, 1.807) is 13.8 Å². The lowest BCUT2D eigenvalue weighted by Crippen LogP contribution is -2.40. The molecule has 1 rings (SSSR count). The molecule has 0 fully saturated rings. The molecule has 0 aliphatic rings. The van der Waals surface area contributed by atoms with Crippen LogP contribution in [0.4, 0.5) is 18.0 Å². The largest absolute Gasteiger partial charge is 0.453 e. The van der Waals surface area contributed by atoms with E-state index in [0.717, 1.165) is 19.2 Å². The van der Waals surface area contributed by atoms with Gasteiger partial charge in [-0.15, -0.1) is 0 Å². The molecule has 2 N–H and O–H groups in total. The van der Waals surface area contributed by atoms with Gasteiger partial charge in [-0.3, -0.25) is 4.79 Å². The van der Waals surface area contributed by atoms with Gasteiger partial charge in [0, 0.05) is 0 Å². The molecule has 5 nitrogen and oxygen atoms in total. The standard InChI is InChI=1S/C15H19F3N2O3/c1-9(2)13(20-12(21)8-19-14(22)23-3)10-5-4-6-11(7-10)15(16,17)18/h4-7,9,13H,8H2,1-3H3,(H,19,22)(H,20,21). The molecule has 0 aliphatic heterocycles. The summed E-state index contributed by atoms with van der Waals surface area (Å²) in [5.41, 5.74) is -0.427. The summed E-state index contributed by atoms with van der Waals surface area (Å²) >= 11 is 0.